The molecule has 1 rings (SSSR count). The smallest absolute Gasteiger partial charge is 0.396 e. The minimum atomic E-state index is -0.951. The molecule has 0 spiro atoms. The number of hydrogen-bond acceptors (Lipinski definition) is 6. The molecule has 1 amide bonds. The first-order chi connectivity index (χ1) is 6.13. The molecule has 1 aromatic rings. The number of anilines is 1. The second-order valence-corrected chi connectivity index (χ2v) is 3.25. The van der Waals surface area contributed by atoms with Crippen molar-refractivity contribution in [2.75, 3.05) is 12.4 Å². The van der Waals surface area contributed by atoms with Gasteiger partial charge in [-0.25, -0.2) is 4.79 Å². The molecule has 13 heavy (non-hydrogen) atoms. The van der Waals surface area contributed by atoms with Crippen molar-refractivity contribution in [1.29, 1.82) is 0 Å². The number of rotatable bonds is 1. The van der Waals surface area contributed by atoms with E-state index in [0.29, 0.717) is 5.01 Å². The first-order valence-electron chi connectivity index (χ1n) is 3.33. The van der Waals surface area contributed by atoms with Crippen LogP contribution in [-0.4, -0.2) is 29.2 Å². The molecule has 0 saturated carbocycles. The Kier molecular flexibility index (Phi) is 2.91. The normalized spacial score (nSPS) is 9.38. The Morgan fingerprint density at radius 3 is 2.62 bits per heavy atom. The van der Waals surface area contributed by atoms with Crippen LogP contribution in [0, 0.1) is 6.92 Å². The maximum atomic E-state index is 10.9. The number of aromatic nitrogens is 2. The average Bonchev–Trinajstić information content (AvgIpc) is 2.49. The van der Waals surface area contributed by atoms with Gasteiger partial charge in [0.25, 0.3) is 0 Å². The third-order valence-corrected chi connectivity index (χ3v) is 1.87. The number of hydrogen-bond donors (Lipinski definition) is 1. The van der Waals surface area contributed by atoms with Gasteiger partial charge in [0, 0.05) is 0 Å². The Bertz CT molecular complexity index is 336. The Hall–Kier alpha value is -1.50. The van der Waals surface area contributed by atoms with Crippen molar-refractivity contribution in [3.05, 3.63) is 5.01 Å². The maximum Gasteiger partial charge on any atom is 0.396 e. The van der Waals surface area contributed by atoms with Gasteiger partial charge in [-0.3, -0.25) is 10.1 Å². The Morgan fingerprint density at radius 2 is 2.15 bits per heavy atom. The molecule has 0 aliphatic rings. The van der Waals surface area contributed by atoms with E-state index < -0.39 is 11.9 Å². The number of carbonyl (C=O) groups is 2. The van der Waals surface area contributed by atoms with Gasteiger partial charge in [0.2, 0.25) is 5.13 Å². The van der Waals surface area contributed by atoms with E-state index in [0.717, 1.165) is 7.11 Å². The van der Waals surface area contributed by atoms with Crippen molar-refractivity contribution in [1.82, 2.24) is 10.2 Å². The van der Waals surface area contributed by atoms with Crippen molar-refractivity contribution >= 4 is 28.3 Å². The molecule has 0 bridgehead atoms. The fraction of sp³-hybridized carbons (Fsp3) is 0.333. The lowest BCUT2D eigenvalue weighted by Gasteiger charge is -1.96. The Morgan fingerprint density at radius 1 is 1.46 bits per heavy atom. The highest BCUT2D eigenvalue weighted by Crippen LogP contribution is 2.13. The van der Waals surface area contributed by atoms with Crippen LogP contribution < -0.4 is 5.32 Å². The first-order valence-corrected chi connectivity index (χ1v) is 4.14. The van der Waals surface area contributed by atoms with Gasteiger partial charge < -0.3 is 4.74 Å². The van der Waals surface area contributed by atoms with Crippen molar-refractivity contribution < 1.29 is 14.3 Å². The fourth-order valence-electron chi connectivity index (χ4n) is 0.588. The third-order valence-electron chi connectivity index (χ3n) is 1.12. The number of ether oxygens (including phenoxy) is 1. The van der Waals surface area contributed by atoms with E-state index >= 15 is 0 Å². The average molecular weight is 201 g/mol. The molecule has 7 heteroatoms. The highest BCUT2D eigenvalue weighted by molar-refractivity contribution is 7.15. The summed E-state index contributed by atoms with van der Waals surface area (Å²) in [6, 6.07) is 0. The van der Waals surface area contributed by atoms with Crippen LogP contribution in [0.4, 0.5) is 5.13 Å². The van der Waals surface area contributed by atoms with Crippen molar-refractivity contribution in [3.8, 4) is 0 Å². The molecular formula is C6H7N3O3S. The Balaban J connectivity index is 2.60. The van der Waals surface area contributed by atoms with E-state index in [1.807, 2.05) is 0 Å². The first kappa shape index (κ1) is 9.59. The summed E-state index contributed by atoms with van der Waals surface area (Å²) in [6.07, 6.45) is 0. The molecule has 0 radical (unpaired) electrons. The largest absolute Gasteiger partial charge is 0.462 e. The van der Waals surface area contributed by atoms with Gasteiger partial charge in [0.05, 0.1) is 7.11 Å². The number of nitrogens with one attached hydrogen (secondary N) is 1. The fourth-order valence-corrected chi connectivity index (χ4v) is 1.17. The second-order valence-electron chi connectivity index (χ2n) is 2.07. The van der Waals surface area contributed by atoms with Gasteiger partial charge in [0.15, 0.2) is 0 Å². The van der Waals surface area contributed by atoms with Crippen molar-refractivity contribution in [2.24, 2.45) is 0 Å². The molecule has 0 aliphatic carbocycles. The van der Waals surface area contributed by atoms with Gasteiger partial charge in [0.1, 0.15) is 5.01 Å². The predicted octanol–water partition coefficient (Wildman–Crippen LogP) is -0.0420. The zero-order chi connectivity index (χ0) is 9.84. The van der Waals surface area contributed by atoms with E-state index in [1.165, 1.54) is 11.3 Å². The molecule has 0 atom stereocenters. The molecule has 0 unspecified atom stereocenters. The van der Waals surface area contributed by atoms with Crippen LogP contribution in [0.1, 0.15) is 5.01 Å². The van der Waals surface area contributed by atoms with Crippen LogP contribution in [0.25, 0.3) is 0 Å². The quantitative estimate of drug-likeness (QED) is 0.509. The monoisotopic (exact) mass is 201 g/mol. The number of esters is 1. The number of methoxy groups -OCH3 is 1. The Labute approximate surface area is 77.9 Å². The van der Waals surface area contributed by atoms with E-state index in [4.69, 9.17) is 0 Å². The number of carbonyl (C=O) groups excluding carboxylic acids is 2. The summed E-state index contributed by atoms with van der Waals surface area (Å²) in [7, 11) is 1.13. The highest BCUT2D eigenvalue weighted by Gasteiger charge is 2.15. The minimum Gasteiger partial charge on any atom is -0.462 e. The van der Waals surface area contributed by atoms with Crippen LogP contribution in [-0.2, 0) is 14.3 Å². The molecule has 1 aromatic heterocycles. The summed E-state index contributed by atoms with van der Waals surface area (Å²) in [5.74, 6) is -1.80. The van der Waals surface area contributed by atoms with E-state index in [-0.39, 0.29) is 5.13 Å². The third kappa shape index (κ3) is 2.48. The molecule has 6 nitrogen and oxygen atoms in total. The van der Waals surface area contributed by atoms with Crippen molar-refractivity contribution in [2.45, 2.75) is 6.92 Å². The van der Waals surface area contributed by atoms with Gasteiger partial charge in [-0.1, -0.05) is 11.3 Å². The number of aryl methyl sites for hydroxylation is 1. The molecule has 1 heterocycles. The summed E-state index contributed by atoms with van der Waals surface area (Å²) in [5.41, 5.74) is 0. The van der Waals surface area contributed by atoms with Crippen LogP contribution >= 0.6 is 11.3 Å². The predicted molar refractivity (Wildman–Crippen MR) is 45.3 cm³/mol. The minimum absolute atomic E-state index is 0.285. The highest BCUT2D eigenvalue weighted by atomic mass is 32.1. The summed E-state index contributed by atoms with van der Waals surface area (Å²) in [6.45, 7) is 1.74. The summed E-state index contributed by atoms with van der Waals surface area (Å²) in [4.78, 5) is 21.6. The van der Waals surface area contributed by atoms with Crippen LogP contribution in [0.15, 0.2) is 0 Å². The molecule has 70 valence electrons. The second kappa shape index (κ2) is 3.94. The molecule has 0 aliphatic heterocycles. The molecule has 1 N–H and O–H groups in total. The maximum absolute atomic E-state index is 10.9. The van der Waals surface area contributed by atoms with Crippen LogP contribution in [0.3, 0.4) is 0 Å². The number of amides is 1. The molecular weight excluding hydrogens is 194 g/mol. The van der Waals surface area contributed by atoms with Crippen LogP contribution in [0.2, 0.25) is 0 Å². The topological polar surface area (TPSA) is 81.2 Å². The van der Waals surface area contributed by atoms with Gasteiger partial charge in [-0.05, 0) is 6.92 Å². The van der Waals surface area contributed by atoms with E-state index in [1.54, 1.807) is 6.92 Å². The van der Waals surface area contributed by atoms with E-state index in [2.05, 4.69) is 20.3 Å². The zero-order valence-corrected chi connectivity index (χ0v) is 7.84. The molecule has 0 saturated heterocycles. The van der Waals surface area contributed by atoms with Crippen LogP contribution in [0.5, 0.6) is 0 Å². The summed E-state index contributed by atoms with van der Waals surface area (Å²) in [5, 5.41) is 10.5. The van der Waals surface area contributed by atoms with Gasteiger partial charge >= 0.3 is 11.9 Å². The standard InChI is InChI=1S/C6H7N3O3S/c1-3-8-9-6(13-3)7-4(10)5(11)12-2/h1-2H3,(H,7,9,10). The lowest BCUT2D eigenvalue weighted by Crippen LogP contribution is -2.23. The SMILES string of the molecule is COC(=O)C(=O)Nc1nnc(C)s1. The molecule has 0 fully saturated rings. The lowest BCUT2D eigenvalue weighted by molar-refractivity contribution is -0.150. The van der Waals surface area contributed by atoms with E-state index in [9.17, 15) is 9.59 Å². The van der Waals surface area contributed by atoms with Gasteiger partial charge in [-0.15, -0.1) is 10.2 Å². The molecule has 0 aromatic carbocycles. The van der Waals surface area contributed by atoms with Crippen molar-refractivity contribution in [3.63, 3.8) is 0 Å². The zero-order valence-electron chi connectivity index (χ0n) is 7.03. The summed E-state index contributed by atoms with van der Waals surface area (Å²) >= 11 is 1.18. The summed E-state index contributed by atoms with van der Waals surface area (Å²) < 4.78 is 4.20. The lowest BCUT2D eigenvalue weighted by atomic mass is 10.6. The number of nitrogens with zero attached hydrogens (tertiary/aromatic N) is 2. The van der Waals surface area contributed by atoms with Gasteiger partial charge in [-0.2, -0.15) is 0 Å².